The maximum Gasteiger partial charge on any atom is 0.242 e. The van der Waals surface area contributed by atoms with E-state index in [1.54, 1.807) is 0 Å². The van der Waals surface area contributed by atoms with Gasteiger partial charge in [0, 0.05) is 12.6 Å². The van der Waals surface area contributed by atoms with Crippen LogP contribution in [-0.2, 0) is 4.79 Å². The first-order valence-corrected chi connectivity index (χ1v) is 8.03. The van der Waals surface area contributed by atoms with Gasteiger partial charge in [-0.1, -0.05) is 12.1 Å². The van der Waals surface area contributed by atoms with Crippen LogP contribution in [-0.4, -0.2) is 34.5 Å². The Labute approximate surface area is 129 Å². The summed E-state index contributed by atoms with van der Waals surface area (Å²) in [7, 11) is 0. The van der Waals surface area contributed by atoms with Crippen molar-refractivity contribution in [2.45, 2.75) is 44.7 Å². The van der Waals surface area contributed by atoms with Gasteiger partial charge in [0.2, 0.25) is 5.91 Å². The molecule has 1 N–H and O–H groups in total. The number of aryl methyl sites for hydroxylation is 1. The number of hydrogen-bond donors (Lipinski definition) is 1. The van der Waals surface area contributed by atoms with Crippen LogP contribution in [0.2, 0.25) is 0 Å². The third-order valence-corrected chi connectivity index (χ3v) is 4.47. The Kier molecular flexibility index (Phi) is 3.21. The summed E-state index contributed by atoms with van der Waals surface area (Å²) in [6, 6.07) is 8.18. The number of para-hydroxylation sites is 2. The number of anilines is 1. The number of carbonyl (C=O) groups excluding carboxylic acids is 1. The number of carbonyl (C=O) groups is 1. The van der Waals surface area contributed by atoms with E-state index < -0.39 is 0 Å². The Morgan fingerprint density at radius 1 is 1.18 bits per heavy atom. The molecule has 1 aromatic heterocycles. The van der Waals surface area contributed by atoms with Gasteiger partial charge in [0.1, 0.15) is 6.04 Å². The predicted molar refractivity (Wildman–Crippen MR) is 85.8 cm³/mol. The Bertz CT molecular complexity index is 726. The molecule has 2 aliphatic rings. The van der Waals surface area contributed by atoms with Crippen molar-refractivity contribution in [2.24, 2.45) is 0 Å². The molecule has 2 heterocycles. The minimum atomic E-state index is -0.102. The zero-order valence-corrected chi connectivity index (χ0v) is 12.7. The van der Waals surface area contributed by atoms with Crippen molar-refractivity contribution in [1.82, 2.24) is 15.3 Å². The predicted octanol–water partition coefficient (Wildman–Crippen LogP) is 2.19. The van der Waals surface area contributed by atoms with Crippen LogP contribution in [0.15, 0.2) is 24.3 Å². The van der Waals surface area contributed by atoms with Gasteiger partial charge in [-0.15, -0.1) is 0 Å². The molecule has 0 spiro atoms. The number of nitrogens with zero attached hydrogens (tertiary/aromatic N) is 3. The van der Waals surface area contributed by atoms with Crippen LogP contribution in [0.1, 0.15) is 31.4 Å². The summed E-state index contributed by atoms with van der Waals surface area (Å²) in [5.74, 6) is 1.00. The molecule has 1 atom stereocenters. The van der Waals surface area contributed by atoms with Gasteiger partial charge in [0.05, 0.1) is 16.7 Å². The molecule has 1 saturated heterocycles. The highest BCUT2D eigenvalue weighted by Crippen LogP contribution is 2.28. The van der Waals surface area contributed by atoms with E-state index >= 15 is 0 Å². The molecule has 4 rings (SSSR count). The largest absolute Gasteiger partial charge is 0.352 e. The minimum absolute atomic E-state index is 0.102. The summed E-state index contributed by atoms with van der Waals surface area (Å²) in [6.45, 7) is 2.85. The van der Waals surface area contributed by atoms with Gasteiger partial charge in [-0.05, 0) is 44.7 Å². The van der Waals surface area contributed by atoms with Gasteiger partial charge < -0.3 is 10.2 Å². The quantitative estimate of drug-likeness (QED) is 0.943. The van der Waals surface area contributed by atoms with Crippen LogP contribution in [0.25, 0.3) is 11.0 Å². The molecule has 0 unspecified atom stereocenters. The summed E-state index contributed by atoms with van der Waals surface area (Å²) in [5.41, 5.74) is 2.68. The maximum atomic E-state index is 12.5. The molecule has 1 aliphatic carbocycles. The third-order valence-electron chi connectivity index (χ3n) is 4.47. The molecule has 22 heavy (non-hydrogen) atoms. The van der Waals surface area contributed by atoms with Crippen LogP contribution >= 0.6 is 0 Å². The second kappa shape index (κ2) is 5.23. The summed E-state index contributed by atoms with van der Waals surface area (Å²) in [5, 5.41) is 3.12. The fraction of sp³-hybridized carbons (Fsp3) is 0.471. The van der Waals surface area contributed by atoms with E-state index in [-0.39, 0.29) is 11.9 Å². The van der Waals surface area contributed by atoms with Crippen LogP contribution in [0.5, 0.6) is 0 Å². The second-order valence-corrected chi connectivity index (χ2v) is 6.26. The number of amides is 1. The average Bonchev–Trinajstić information content (AvgIpc) is 3.19. The lowest BCUT2D eigenvalue weighted by molar-refractivity contribution is -0.122. The van der Waals surface area contributed by atoms with Crippen LogP contribution in [0, 0.1) is 6.92 Å². The number of aromatic nitrogens is 2. The highest BCUT2D eigenvalue weighted by atomic mass is 16.2. The van der Waals surface area contributed by atoms with Crippen molar-refractivity contribution >= 4 is 22.8 Å². The number of hydrogen-bond acceptors (Lipinski definition) is 4. The summed E-state index contributed by atoms with van der Waals surface area (Å²) < 4.78 is 0. The van der Waals surface area contributed by atoms with Crippen molar-refractivity contribution in [3.05, 3.63) is 30.0 Å². The molecular formula is C17H20N4O. The number of nitrogens with one attached hydrogen (secondary N) is 1. The van der Waals surface area contributed by atoms with Crippen LogP contribution in [0.3, 0.4) is 0 Å². The molecular weight excluding hydrogens is 276 g/mol. The average molecular weight is 296 g/mol. The summed E-state index contributed by atoms with van der Waals surface area (Å²) in [4.78, 5) is 24.0. The van der Waals surface area contributed by atoms with E-state index in [0.29, 0.717) is 6.04 Å². The SMILES string of the molecule is Cc1nc2ccccc2nc1N1CCC[C@H]1C(=O)NC1CC1. The normalized spacial score (nSPS) is 21.3. The van der Waals surface area contributed by atoms with E-state index in [1.807, 2.05) is 31.2 Å². The number of benzene rings is 1. The summed E-state index contributed by atoms with van der Waals surface area (Å²) in [6.07, 6.45) is 4.16. The van der Waals surface area contributed by atoms with Gasteiger partial charge in [0.25, 0.3) is 0 Å². The lowest BCUT2D eigenvalue weighted by Gasteiger charge is -2.26. The van der Waals surface area contributed by atoms with E-state index in [9.17, 15) is 4.79 Å². The molecule has 114 valence electrons. The van der Waals surface area contributed by atoms with Crippen LogP contribution < -0.4 is 10.2 Å². The Morgan fingerprint density at radius 2 is 1.91 bits per heavy atom. The van der Waals surface area contributed by atoms with Gasteiger partial charge in [-0.3, -0.25) is 4.79 Å². The zero-order valence-electron chi connectivity index (χ0n) is 12.7. The summed E-state index contributed by atoms with van der Waals surface area (Å²) >= 11 is 0. The number of fused-ring (bicyclic) bond motifs is 1. The molecule has 2 fully saturated rings. The molecule has 0 bridgehead atoms. The van der Waals surface area contributed by atoms with Gasteiger partial charge in [-0.25, -0.2) is 9.97 Å². The molecule has 2 aromatic rings. The molecule has 5 nitrogen and oxygen atoms in total. The first-order chi connectivity index (χ1) is 10.7. The Morgan fingerprint density at radius 3 is 2.64 bits per heavy atom. The van der Waals surface area contributed by atoms with E-state index in [0.717, 1.165) is 54.8 Å². The van der Waals surface area contributed by atoms with Crippen molar-refractivity contribution in [2.75, 3.05) is 11.4 Å². The van der Waals surface area contributed by atoms with Crippen LogP contribution in [0.4, 0.5) is 5.82 Å². The lowest BCUT2D eigenvalue weighted by atomic mass is 10.2. The molecule has 1 saturated carbocycles. The molecule has 0 radical (unpaired) electrons. The first-order valence-electron chi connectivity index (χ1n) is 8.03. The maximum absolute atomic E-state index is 12.5. The fourth-order valence-electron chi connectivity index (χ4n) is 3.17. The molecule has 1 aliphatic heterocycles. The highest BCUT2D eigenvalue weighted by molar-refractivity contribution is 5.87. The smallest absolute Gasteiger partial charge is 0.242 e. The lowest BCUT2D eigenvalue weighted by Crippen LogP contribution is -2.44. The highest BCUT2D eigenvalue weighted by Gasteiger charge is 2.35. The minimum Gasteiger partial charge on any atom is -0.352 e. The first kappa shape index (κ1) is 13.5. The number of rotatable bonds is 3. The van der Waals surface area contributed by atoms with Crippen molar-refractivity contribution < 1.29 is 4.79 Å². The van der Waals surface area contributed by atoms with Crippen molar-refractivity contribution in [3.63, 3.8) is 0 Å². The molecule has 1 aromatic carbocycles. The van der Waals surface area contributed by atoms with E-state index in [1.165, 1.54) is 0 Å². The van der Waals surface area contributed by atoms with Gasteiger partial charge in [-0.2, -0.15) is 0 Å². The Hall–Kier alpha value is -2.17. The zero-order chi connectivity index (χ0) is 15.1. The molecule has 1 amide bonds. The van der Waals surface area contributed by atoms with Crippen molar-refractivity contribution in [3.8, 4) is 0 Å². The van der Waals surface area contributed by atoms with Crippen molar-refractivity contribution in [1.29, 1.82) is 0 Å². The molecule has 5 heteroatoms. The monoisotopic (exact) mass is 296 g/mol. The van der Waals surface area contributed by atoms with E-state index in [4.69, 9.17) is 4.98 Å². The van der Waals surface area contributed by atoms with Gasteiger partial charge in [0.15, 0.2) is 5.82 Å². The van der Waals surface area contributed by atoms with E-state index in [2.05, 4.69) is 15.2 Å². The Balaban J connectivity index is 1.67. The van der Waals surface area contributed by atoms with Gasteiger partial charge >= 0.3 is 0 Å². The third kappa shape index (κ3) is 2.40. The fourth-order valence-corrected chi connectivity index (χ4v) is 3.17. The second-order valence-electron chi connectivity index (χ2n) is 6.26. The standard InChI is InChI=1S/C17H20N4O/c1-11-16(20-14-6-3-2-5-13(14)18-11)21-10-4-7-15(21)17(22)19-12-8-9-12/h2-3,5-6,12,15H,4,7-10H2,1H3,(H,19,22)/t15-/m0/s1. The topological polar surface area (TPSA) is 58.1 Å².